The Morgan fingerprint density at radius 3 is 2.65 bits per heavy atom. The summed E-state index contributed by atoms with van der Waals surface area (Å²) in [6, 6.07) is 4.78. The number of carbonyl (C=O) groups is 3. The molecule has 2 heterocycles. The number of nitrogens with zero attached hydrogens (tertiary/aromatic N) is 1. The standard InChI is InChI=1S/C22H32N4O5/c1-2-30-20(27)15-24-22(29)25-16-8-9-19(26-10-4-3-5-11-26)18(13-16)21(28)23-14-17-7-6-12-31-17/h8-9,13,17H,2-7,10-12,14-15H2,1H3,(H,23,28)(H2,24,25,29). The van der Waals surface area contributed by atoms with E-state index in [0.29, 0.717) is 17.8 Å². The predicted octanol–water partition coefficient (Wildman–Crippen LogP) is 2.27. The fourth-order valence-corrected chi connectivity index (χ4v) is 3.85. The van der Waals surface area contributed by atoms with Gasteiger partial charge in [-0.3, -0.25) is 9.59 Å². The van der Waals surface area contributed by atoms with Gasteiger partial charge >= 0.3 is 12.0 Å². The number of amides is 3. The molecule has 2 aliphatic rings. The lowest BCUT2D eigenvalue weighted by molar-refractivity contribution is -0.141. The van der Waals surface area contributed by atoms with E-state index < -0.39 is 12.0 Å². The van der Waals surface area contributed by atoms with Crippen molar-refractivity contribution >= 4 is 29.3 Å². The third-order valence-corrected chi connectivity index (χ3v) is 5.41. The predicted molar refractivity (Wildman–Crippen MR) is 117 cm³/mol. The summed E-state index contributed by atoms with van der Waals surface area (Å²) < 4.78 is 10.4. The van der Waals surface area contributed by atoms with Crippen molar-refractivity contribution < 1.29 is 23.9 Å². The van der Waals surface area contributed by atoms with Gasteiger partial charge < -0.3 is 30.3 Å². The molecule has 1 aromatic carbocycles. The average Bonchev–Trinajstić information content (AvgIpc) is 3.30. The summed E-state index contributed by atoms with van der Waals surface area (Å²) >= 11 is 0. The van der Waals surface area contributed by atoms with Crippen molar-refractivity contribution in [2.75, 3.05) is 49.6 Å². The number of urea groups is 1. The Kier molecular flexibility index (Phi) is 8.52. The number of anilines is 2. The minimum absolute atomic E-state index is 0.0531. The van der Waals surface area contributed by atoms with Crippen LogP contribution in [-0.4, -0.2) is 63.4 Å². The Hall–Kier alpha value is -2.81. The lowest BCUT2D eigenvalue weighted by Gasteiger charge is -2.30. The molecule has 1 atom stereocenters. The van der Waals surface area contributed by atoms with Crippen LogP contribution in [0.15, 0.2) is 18.2 Å². The van der Waals surface area contributed by atoms with Gasteiger partial charge in [-0.2, -0.15) is 0 Å². The molecule has 2 saturated heterocycles. The molecule has 0 radical (unpaired) electrons. The number of hydrogen-bond acceptors (Lipinski definition) is 6. The van der Waals surface area contributed by atoms with Crippen LogP contribution in [0.2, 0.25) is 0 Å². The van der Waals surface area contributed by atoms with Crippen molar-refractivity contribution in [3.05, 3.63) is 23.8 Å². The van der Waals surface area contributed by atoms with Gasteiger partial charge in [-0.05, 0) is 57.2 Å². The van der Waals surface area contributed by atoms with E-state index in [0.717, 1.165) is 51.1 Å². The van der Waals surface area contributed by atoms with Gasteiger partial charge in [-0.25, -0.2) is 4.79 Å². The van der Waals surface area contributed by atoms with E-state index in [4.69, 9.17) is 9.47 Å². The van der Waals surface area contributed by atoms with Gasteiger partial charge in [0.15, 0.2) is 0 Å². The summed E-state index contributed by atoms with van der Waals surface area (Å²) in [6.07, 6.45) is 5.39. The Morgan fingerprint density at radius 1 is 1.13 bits per heavy atom. The van der Waals surface area contributed by atoms with Crippen LogP contribution < -0.4 is 20.9 Å². The monoisotopic (exact) mass is 432 g/mol. The highest BCUT2D eigenvalue weighted by atomic mass is 16.5. The molecular weight excluding hydrogens is 400 g/mol. The second kappa shape index (κ2) is 11.5. The number of piperidine rings is 1. The number of ether oxygens (including phenoxy) is 2. The molecule has 3 amide bonds. The van der Waals surface area contributed by atoms with Crippen LogP contribution in [-0.2, 0) is 14.3 Å². The van der Waals surface area contributed by atoms with Gasteiger partial charge in [-0.1, -0.05) is 0 Å². The van der Waals surface area contributed by atoms with Gasteiger partial charge in [0.1, 0.15) is 6.54 Å². The molecule has 0 aliphatic carbocycles. The van der Waals surface area contributed by atoms with E-state index in [9.17, 15) is 14.4 Å². The Balaban J connectivity index is 1.68. The van der Waals surface area contributed by atoms with Crippen molar-refractivity contribution in [1.82, 2.24) is 10.6 Å². The topological polar surface area (TPSA) is 109 Å². The molecule has 170 valence electrons. The molecule has 3 N–H and O–H groups in total. The number of rotatable bonds is 8. The minimum atomic E-state index is -0.538. The first-order valence-electron chi connectivity index (χ1n) is 11.1. The van der Waals surface area contributed by atoms with Crippen molar-refractivity contribution in [3.63, 3.8) is 0 Å². The van der Waals surface area contributed by atoms with Crippen LogP contribution in [0.25, 0.3) is 0 Å². The van der Waals surface area contributed by atoms with Crippen molar-refractivity contribution in [2.45, 2.75) is 45.1 Å². The molecular formula is C22H32N4O5. The lowest BCUT2D eigenvalue weighted by Crippen LogP contribution is -2.36. The van der Waals surface area contributed by atoms with E-state index in [1.807, 2.05) is 6.07 Å². The smallest absolute Gasteiger partial charge is 0.325 e. The number of benzene rings is 1. The van der Waals surface area contributed by atoms with Crippen LogP contribution in [0.1, 0.15) is 49.4 Å². The fourth-order valence-electron chi connectivity index (χ4n) is 3.85. The van der Waals surface area contributed by atoms with Crippen LogP contribution in [0.4, 0.5) is 16.2 Å². The van der Waals surface area contributed by atoms with E-state index >= 15 is 0 Å². The maximum absolute atomic E-state index is 13.0. The van der Waals surface area contributed by atoms with Gasteiger partial charge in [0, 0.05) is 37.6 Å². The summed E-state index contributed by atoms with van der Waals surface area (Å²) in [6.45, 7) is 4.74. The molecule has 0 saturated carbocycles. The first-order chi connectivity index (χ1) is 15.1. The van der Waals surface area contributed by atoms with Crippen LogP contribution in [0.3, 0.4) is 0 Å². The Morgan fingerprint density at radius 2 is 1.94 bits per heavy atom. The van der Waals surface area contributed by atoms with Crippen molar-refractivity contribution in [1.29, 1.82) is 0 Å². The van der Waals surface area contributed by atoms with Gasteiger partial charge in [-0.15, -0.1) is 0 Å². The molecule has 1 aromatic rings. The summed E-state index contributed by atoms with van der Waals surface area (Å²) in [4.78, 5) is 38.8. The zero-order valence-electron chi connectivity index (χ0n) is 18.1. The Labute approximate surface area is 182 Å². The second-order valence-electron chi connectivity index (χ2n) is 7.74. The molecule has 3 rings (SSSR count). The maximum atomic E-state index is 13.0. The van der Waals surface area contributed by atoms with E-state index in [1.165, 1.54) is 6.42 Å². The van der Waals surface area contributed by atoms with Gasteiger partial charge in [0.2, 0.25) is 0 Å². The molecule has 2 fully saturated rings. The zero-order valence-corrected chi connectivity index (χ0v) is 18.1. The number of nitrogens with one attached hydrogen (secondary N) is 3. The molecule has 1 unspecified atom stereocenters. The highest BCUT2D eigenvalue weighted by molar-refractivity contribution is 6.02. The van der Waals surface area contributed by atoms with Crippen LogP contribution in [0, 0.1) is 0 Å². The average molecular weight is 433 g/mol. The summed E-state index contributed by atoms with van der Waals surface area (Å²) in [5.74, 6) is -0.695. The highest BCUT2D eigenvalue weighted by Gasteiger charge is 2.22. The van der Waals surface area contributed by atoms with E-state index in [-0.39, 0.29) is 25.2 Å². The molecule has 31 heavy (non-hydrogen) atoms. The highest BCUT2D eigenvalue weighted by Crippen LogP contribution is 2.27. The molecule has 0 aromatic heterocycles. The third kappa shape index (κ3) is 6.85. The quantitative estimate of drug-likeness (QED) is 0.544. The van der Waals surface area contributed by atoms with E-state index in [1.54, 1.807) is 19.1 Å². The SMILES string of the molecule is CCOC(=O)CNC(=O)Nc1ccc(N2CCCCC2)c(C(=O)NCC2CCCO2)c1. The summed E-state index contributed by atoms with van der Waals surface area (Å²) in [7, 11) is 0. The Bertz CT molecular complexity index is 773. The second-order valence-corrected chi connectivity index (χ2v) is 7.74. The molecule has 0 spiro atoms. The van der Waals surface area contributed by atoms with E-state index in [2.05, 4.69) is 20.9 Å². The van der Waals surface area contributed by atoms with Crippen LogP contribution in [0.5, 0.6) is 0 Å². The zero-order chi connectivity index (χ0) is 22.1. The van der Waals surface area contributed by atoms with Crippen molar-refractivity contribution in [2.24, 2.45) is 0 Å². The first kappa shape index (κ1) is 22.9. The molecule has 9 nitrogen and oxygen atoms in total. The van der Waals surface area contributed by atoms with Gasteiger partial charge in [0.05, 0.1) is 18.3 Å². The summed E-state index contributed by atoms with van der Waals surface area (Å²) in [5, 5.41) is 8.11. The number of carbonyl (C=O) groups excluding carboxylic acids is 3. The van der Waals surface area contributed by atoms with Crippen molar-refractivity contribution in [3.8, 4) is 0 Å². The fraction of sp³-hybridized carbons (Fsp3) is 0.591. The van der Waals surface area contributed by atoms with Crippen LogP contribution >= 0.6 is 0 Å². The summed E-state index contributed by atoms with van der Waals surface area (Å²) in [5.41, 5.74) is 1.86. The minimum Gasteiger partial charge on any atom is -0.465 e. The van der Waals surface area contributed by atoms with Gasteiger partial charge in [0.25, 0.3) is 5.91 Å². The molecule has 9 heteroatoms. The number of esters is 1. The third-order valence-electron chi connectivity index (χ3n) is 5.41. The largest absolute Gasteiger partial charge is 0.465 e. The normalized spacial score (nSPS) is 18.4. The molecule has 2 aliphatic heterocycles. The maximum Gasteiger partial charge on any atom is 0.325 e. The first-order valence-corrected chi connectivity index (χ1v) is 11.1. The lowest BCUT2D eigenvalue weighted by atomic mass is 10.1. The number of hydrogen-bond donors (Lipinski definition) is 3. The molecule has 0 bridgehead atoms.